The molecule has 0 aliphatic heterocycles. The van der Waals surface area contributed by atoms with E-state index in [1.165, 1.54) is 5.56 Å². The van der Waals surface area contributed by atoms with Crippen LogP contribution >= 0.6 is 0 Å². The van der Waals surface area contributed by atoms with Crippen molar-refractivity contribution in [2.24, 2.45) is 0 Å². The third-order valence-electron chi connectivity index (χ3n) is 2.74. The van der Waals surface area contributed by atoms with Crippen LogP contribution in [0.4, 0.5) is 0 Å². The molecule has 1 aromatic rings. The summed E-state index contributed by atoms with van der Waals surface area (Å²) in [5, 5.41) is 13.4. The first-order valence-electron chi connectivity index (χ1n) is 5.34. The van der Waals surface area contributed by atoms with Gasteiger partial charge in [-0.15, -0.1) is 0 Å². The molecule has 2 heteroatoms. The standard InChI is InChI=1S/C13H21NO/c1-9-6-10(2)12(11(3)7-9)13(4,15)8-14-5/h6-7,14-15H,8H2,1-5H3. The van der Waals surface area contributed by atoms with Crippen molar-refractivity contribution in [1.82, 2.24) is 5.32 Å². The molecule has 2 nitrogen and oxygen atoms in total. The summed E-state index contributed by atoms with van der Waals surface area (Å²) in [6.45, 7) is 8.61. The summed E-state index contributed by atoms with van der Waals surface area (Å²) in [4.78, 5) is 0. The van der Waals surface area contributed by atoms with Gasteiger partial charge in [0, 0.05) is 6.54 Å². The van der Waals surface area contributed by atoms with Crippen LogP contribution in [0.5, 0.6) is 0 Å². The molecule has 0 fully saturated rings. The second kappa shape index (κ2) is 4.33. The van der Waals surface area contributed by atoms with Crippen molar-refractivity contribution >= 4 is 0 Å². The first-order valence-corrected chi connectivity index (χ1v) is 5.34. The predicted molar refractivity (Wildman–Crippen MR) is 64.2 cm³/mol. The Morgan fingerprint density at radius 2 is 1.67 bits per heavy atom. The fourth-order valence-corrected chi connectivity index (χ4v) is 2.46. The Bertz CT molecular complexity index is 333. The molecule has 0 amide bonds. The van der Waals surface area contributed by atoms with E-state index >= 15 is 0 Å². The summed E-state index contributed by atoms with van der Waals surface area (Å²) in [5.41, 5.74) is 3.81. The van der Waals surface area contributed by atoms with E-state index in [0.29, 0.717) is 6.54 Å². The van der Waals surface area contributed by atoms with Gasteiger partial charge in [-0.1, -0.05) is 17.7 Å². The van der Waals surface area contributed by atoms with E-state index in [1.54, 1.807) is 0 Å². The molecule has 2 N–H and O–H groups in total. The van der Waals surface area contributed by atoms with Gasteiger partial charge in [-0.05, 0) is 51.4 Å². The minimum atomic E-state index is -0.795. The summed E-state index contributed by atoms with van der Waals surface area (Å²) in [6, 6.07) is 4.24. The maximum Gasteiger partial charge on any atom is 0.0997 e. The Morgan fingerprint density at radius 1 is 1.20 bits per heavy atom. The minimum Gasteiger partial charge on any atom is -0.384 e. The summed E-state index contributed by atoms with van der Waals surface area (Å²) < 4.78 is 0. The predicted octanol–water partition coefficient (Wildman–Crippen LogP) is 2.04. The lowest BCUT2D eigenvalue weighted by atomic mass is 9.87. The largest absolute Gasteiger partial charge is 0.384 e. The quantitative estimate of drug-likeness (QED) is 0.795. The zero-order valence-corrected chi connectivity index (χ0v) is 10.3. The van der Waals surface area contributed by atoms with Crippen LogP contribution in [0.15, 0.2) is 12.1 Å². The average molecular weight is 207 g/mol. The second-order valence-corrected chi connectivity index (χ2v) is 4.58. The van der Waals surface area contributed by atoms with Crippen molar-refractivity contribution in [3.63, 3.8) is 0 Å². The molecule has 84 valence electrons. The van der Waals surface area contributed by atoms with Crippen LogP contribution in [-0.4, -0.2) is 18.7 Å². The molecule has 0 aromatic heterocycles. The maximum atomic E-state index is 10.4. The van der Waals surface area contributed by atoms with Crippen LogP contribution < -0.4 is 5.32 Å². The smallest absolute Gasteiger partial charge is 0.0997 e. The molecule has 1 atom stereocenters. The number of aryl methyl sites for hydroxylation is 3. The topological polar surface area (TPSA) is 32.3 Å². The van der Waals surface area contributed by atoms with E-state index in [1.807, 2.05) is 14.0 Å². The van der Waals surface area contributed by atoms with Gasteiger partial charge in [0.2, 0.25) is 0 Å². The summed E-state index contributed by atoms with van der Waals surface area (Å²) >= 11 is 0. The van der Waals surface area contributed by atoms with Gasteiger partial charge in [0.1, 0.15) is 0 Å². The number of aliphatic hydroxyl groups is 1. The fraction of sp³-hybridized carbons (Fsp3) is 0.538. The zero-order valence-electron chi connectivity index (χ0n) is 10.3. The van der Waals surface area contributed by atoms with E-state index < -0.39 is 5.60 Å². The SMILES string of the molecule is CNCC(C)(O)c1c(C)cc(C)cc1C. The van der Waals surface area contributed by atoms with E-state index in [4.69, 9.17) is 0 Å². The van der Waals surface area contributed by atoms with Crippen molar-refractivity contribution < 1.29 is 5.11 Å². The first kappa shape index (κ1) is 12.2. The summed E-state index contributed by atoms with van der Waals surface area (Å²) in [7, 11) is 1.85. The van der Waals surface area contributed by atoms with Crippen molar-refractivity contribution in [1.29, 1.82) is 0 Å². The van der Waals surface area contributed by atoms with Gasteiger partial charge in [-0.25, -0.2) is 0 Å². The molecule has 0 saturated heterocycles. The van der Waals surface area contributed by atoms with Gasteiger partial charge in [-0.2, -0.15) is 0 Å². The number of rotatable bonds is 3. The molecule has 0 aliphatic rings. The van der Waals surface area contributed by atoms with Gasteiger partial charge in [0.25, 0.3) is 0 Å². The van der Waals surface area contributed by atoms with Crippen LogP contribution in [0.1, 0.15) is 29.2 Å². The fourth-order valence-electron chi connectivity index (χ4n) is 2.46. The highest BCUT2D eigenvalue weighted by molar-refractivity contribution is 5.41. The molecule has 0 heterocycles. The normalized spacial score (nSPS) is 15.1. The van der Waals surface area contributed by atoms with Crippen LogP contribution in [0.3, 0.4) is 0 Å². The number of nitrogens with one attached hydrogen (secondary N) is 1. The minimum absolute atomic E-state index is 0.567. The Kier molecular flexibility index (Phi) is 3.53. The van der Waals surface area contributed by atoms with Crippen LogP contribution in [0, 0.1) is 20.8 Å². The molecular formula is C13H21NO. The highest BCUT2D eigenvalue weighted by Crippen LogP contribution is 2.27. The maximum absolute atomic E-state index is 10.4. The number of hydrogen-bond acceptors (Lipinski definition) is 2. The Labute approximate surface area is 92.3 Å². The molecule has 15 heavy (non-hydrogen) atoms. The third kappa shape index (κ3) is 2.58. The second-order valence-electron chi connectivity index (χ2n) is 4.58. The van der Waals surface area contributed by atoms with Crippen LogP contribution in [-0.2, 0) is 5.60 Å². The number of hydrogen-bond donors (Lipinski definition) is 2. The van der Waals surface area contributed by atoms with Gasteiger partial charge in [-0.3, -0.25) is 0 Å². The lowest BCUT2D eigenvalue weighted by Crippen LogP contribution is -2.35. The molecule has 0 radical (unpaired) electrons. The highest BCUT2D eigenvalue weighted by atomic mass is 16.3. The number of benzene rings is 1. The number of likely N-dealkylation sites (N-methyl/N-ethyl adjacent to an activating group) is 1. The van der Waals surface area contributed by atoms with Crippen LogP contribution in [0.25, 0.3) is 0 Å². The first-order chi connectivity index (χ1) is 6.88. The monoisotopic (exact) mass is 207 g/mol. The van der Waals surface area contributed by atoms with E-state index in [2.05, 4.69) is 38.2 Å². The van der Waals surface area contributed by atoms with Gasteiger partial charge >= 0.3 is 0 Å². The zero-order chi connectivity index (χ0) is 11.6. The van der Waals surface area contributed by atoms with Crippen LogP contribution in [0.2, 0.25) is 0 Å². The van der Waals surface area contributed by atoms with E-state index in [-0.39, 0.29) is 0 Å². The molecule has 0 spiro atoms. The molecule has 1 rings (SSSR count). The molecular weight excluding hydrogens is 186 g/mol. The summed E-state index contributed by atoms with van der Waals surface area (Å²) in [6.07, 6.45) is 0. The van der Waals surface area contributed by atoms with Crippen molar-refractivity contribution in [3.05, 3.63) is 34.4 Å². The molecule has 1 unspecified atom stereocenters. The van der Waals surface area contributed by atoms with Crippen molar-refractivity contribution in [3.8, 4) is 0 Å². The molecule has 0 saturated carbocycles. The lowest BCUT2D eigenvalue weighted by molar-refractivity contribution is 0.0579. The lowest BCUT2D eigenvalue weighted by Gasteiger charge is -2.27. The van der Waals surface area contributed by atoms with E-state index in [0.717, 1.165) is 16.7 Å². The Morgan fingerprint density at radius 3 is 2.07 bits per heavy atom. The Hall–Kier alpha value is -0.860. The van der Waals surface area contributed by atoms with E-state index in [9.17, 15) is 5.11 Å². The summed E-state index contributed by atoms with van der Waals surface area (Å²) in [5.74, 6) is 0. The third-order valence-corrected chi connectivity index (χ3v) is 2.74. The molecule has 1 aromatic carbocycles. The molecule has 0 aliphatic carbocycles. The van der Waals surface area contributed by atoms with Gasteiger partial charge < -0.3 is 10.4 Å². The van der Waals surface area contributed by atoms with Crippen molar-refractivity contribution in [2.75, 3.05) is 13.6 Å². The van der Waals surface area contributed by atoms with Gasteiger partial charge in [0.15, 0.2) is 0 Å². The highest BCUT2D eigenvalue weighted by Gasteiger charge is 2.25. The van der Waals surface area contributed by atoms with Gasteiger partial charge in [0.05, 0.1) is 5.60 Å². The average Bonchev–Trinajstić information content (AvgIpc) is 1.99. The molecule has 0 bridgehead atoms. The van der Waals surface area contributed by atoms with Crippen molar-refractivity contribution in [2.45, 2.75) is 33.3 Å². The Balaban J connectivity index is 3.24.